The van der Waals surface area contributed by atoms with Crippen LogP contribution in [0.3, 0.4) is 0 Å². The molecule has 0 aromatic rings. The molecule has 0 bridgehead atoms. The lowest BCUT2D eigenvalue weighted by Gasteiger charge is -2.36. The van der Waals surface area contributed by atoms with Crippen molar-refractivity contribution in [3.8, 4) is 0 Å². The summed E-state index contributed by atoms with van der Waals surface area (Å²) in [5, 5.41) is 10.1. The second-order valence-electron chi connectivity index (χ2n) is 12.0. The zero-order valence-electron chi connectivity index (χ0n) is 24.3. The second-order valence-corrected chi connectivity index (χ2v) is 12.0. The molecule has 1 rings (SSSR count). The van der Waals surface area contributed by atoms with Crippen LogP contribution in [0.2, 0.25) is 0 Å². The number of allylic oxidation sites excluding steroid dienone is 11. The predicted octanol–water partition coefficient (Wildman–Crippen LogP) is 10.6. The maximum absolute atomic E-state index is 10.1. The van der Waals surface area contributed by atoms with Gasteiger partial charge in [-0.2, -0.15) is 0 Å². The van der Waals surface area contributed by atoms with Crippen LogP contribution in [0.4, 0.5) is 0 Å². The highest BCUT2D eigenvalue weighted by Gasteiger charge is 2.31. The van der Waals surface area contributed by atoms with Gasteiger partial charge in [-0.15, -0.1) is 0 Å². The van der Waals surface area contributed by atoms with E-state index in [9.17, 15) is 5.11 Å². The van der Waals surface area contributed by atoms with Crippen molar-refractivity contribution in [1.82, 2.24) is 0 Å². The first-order chi connectivity index (χ1) is 16.5. The summed E-state index contributed by atoms with van der Waals surface area (Å²) < 4.78 is 0. The monoisotopic (exact) mass is 480 g/mol. The summed E-state index contributed by atoms with van der Waals surface area (Å²) in [4.78, 5) is 0. The minimum Gasteiger partial charge on any atom is -0.396 e. The van der Waals surface area contributed by atoms with E-state index in [1.54, 1.807) is 5.57 Å². The molecule has 0 heterocycles. The maximum atomic E-state index is 10.1. The molecule has 0 fully saturated rings. The van der Waals surface area contributed by atoms with Gasteiger partial charge in [0.05, 0.1) is 0 Å². The van der Waals surface area contributed by atoms with E-state index in [1.165, 1.54) is 34.3 Å². The normalized spacial score (nSPS) is 20.9. The van der Waals surface area contributed by atoms with Gasteiger partial charge in [0.25, 0.3) is 0 Å². The highest BCUT2D eigenvalue weighted by Crippen LogP contribution is 2.41. The molecule has 0 aliphatic heterocycles. The van der Waals surface area contributed by atoms with Gasteiger partial charge >= 0.3 is 0 Å². The molecule has 1 aliphatic rings. The third-order valence-electron chi connectivity index (χ3n) is 7.26. The highest BCUT2D eigenvalue weighted by atomic mass is 16.3. The van der Waals surface area contributed by atoms with Crippen LogP contribution < -0.4 is 0 Å². The Labute approximate surface area is 218 Å². The SMILES string of the molecule is C=C(CC/C=C(\C)CCC=C(C)C)CC[C@H]1C=C(CC/C=C(\C)CCC=C(C)C)C[C@](C)(CO)C1. The molecule has 1 aliphatic carbocycles. The number of rotatable bonds is 16. The number of aliphatic hydroxyl groups excluding tert-OH is 1. The fourth-order valence-electron chi connectivity index (χ4n) is 5.10. The largest absolute Gasteiger partial charge is 0.396 e. The molecule has 0 amide bonds. The molecule has 35 heavy (non-hydrogen) atoms. The standard InChI is InChI=1S/C34H56O/c1-27(2)13-9-15-29(5)17-11-18-31(7)21-22-33-23-32(24-34(8,25-33)26-35)20-12-19-30(6)16-10-14-28(3)4/h13-14,17,19,23,33,35H,7,9-12,15-16,18,20-22,24-26H2,1-6,8H3/b29-17+,30-19+/t33-,34-/m0/s1. The van der Waals surface area contributed by atoms with E-state index in [0.29, 0.717) is 5.92 Å². The lowest BCUT2D eigenvalue weighted by Crippen LogP contribution is -2.28. The van der Waals surface area contributed by atoms with Crippen molar-refractivity contribution in [3.05, 3.63) is 70.4 Å². The fourth-order valence-corrected chi connectivity index (χ4v) is 5.10. The van der Waals surface area contributed by atoms with Crippen molar-refractivity contribution < 1.29 is 5.11 Å². The summed E-state index contributed by atoms with van der Waals surface area (Å²) in [6.45, 7) is 20.1. The molecule has 198 valence electrons. The van der Waals surface area contributed by atoms with Crippen molar-refractivity contribution >= 4 is 0 Å². The van der Waals surface area contributed by atoms with Crippen LogP contribution in [0, 0.1) is 11.3 Å². The summed E-state index contributed by atoms with van der Waals surface area (Å²) in [6.07, 6.45) is 25.5. The number of aliphatic hydroxyl groups is 1. The summed E-state index contributed by atoms with van der Waals surface area (Å²) in [5.74, 6) is 0.566. The first-order valence-corrected chi connectivity index (χ1v) is 14.1. The van der Waals surface area contributed by atoms with E-state index in [0.717, 1.165) is 70.6 Å². The first-order valence-electron chi connectivity index (χ1n) is 14.1. The second kappa shape index (κ2) is 17.0. The molecule has 0 spiro atoms. The van der Waals surface area contributed by atoms with Gasteiger partial charge in [-0.3, -0.25) is 0 Å². The predicted molar refractivity (Wildman–Crippen MR) is 158 cm³/mol. The van der Waals surface area contributed by atoms with E-state index in [1.807, 2.05) is 0 Å². The molecule has 0 saturated heterocycles. The Kier molecular flexibility index (Phi) is 15.2. The Bertz CT molecular complexity index is 792. The first kappa shape index (κ1) is 31.4. The number of hydrogen-bond acceptors (Lipinski definition) is 1. The zero-order valence-corrected chi connectivity index (χ0v) is 24.3. The smallest absolute Gasteiger partial charge is 0.0488 e. The molecule has 1 N–H and O–H groups in total. The van der Waals surface area contributed by atoms with Crippen molar-refractivity contribution in [2.75, 3.05) is 6.61 Å². The van der Waals surface area contributed by atoms with E-state index in [-0.39, 0.29) is 12.0 Å². The van der Waals surface area contributed by atoms with Crippen LogP contribution >= 0.6 is 0 Å². The topological polar surface area (TPSA) is 20.2 Å². The van der Waals surface area contributed by atoms with Gasteiger partial charge in [0, 0.05) is 6.61 Å². The lowest BCUT2D eigenvalue weighted by molar-refractivity contribution is 0.110. The average molecular weight is 481 g/mol. The Morgan fingerprint density at radius 1 is 0.857 bits per heavy atom. The van der Waals surface area contributed by atoms with Gasteiger partial charge in [-0.25, -0.2) is 0 Å². The average Bonchev–Trinajstić information content (AvgIpc) is 2.77. The van der Waals surface area contributed by atoms with Crippen molar-refractivity contribution in [1.29, 1.82) is 0 Å². The van der Waals surface area contributed by atoms with E-state index in [4.69, 9.17) is 0 Å². The molecule has 0 aromatic carbocycles. The van der Waals surface area contributed by atoms with Crippen molar-refractivity contribution in [2.24, 2.45) is 11.3 Å². The zero-order chi connectivity index (χ0) is 26.3. The van der Waals surface area contributed by atoms with Gasteiger partial charge in [-0.05, 0) is 130 Å². The Morgan fingerprint density at radius 2 is 1.40 bits per heavy atom. The number of hydrogen-bond donors (Lipinski definition) is 1. The van der Waals surface area contributed by atoms with Crippen LogP contribution in [0.1, 0.15) is 126 Å². The highest BCUT2D eigenvalue weighted by molar-refractivity contribution is 5.15. The fraction of sp³-hybridized carbons (Fsp3) is 0.647. The molecule has 0 saturated carbocycles. The Balaban J connectivity index is 2.53. The molecule has 1 nitrogen and oxygen atoms in total. The maximum Gasteiger partial charge on any atom is 0.0488 e. The Hall–Kier alpha value is -1.60. The molecule has 0 unspecified atom stereocenters. The third-order valence-corrected chi connectivity index (χ3v) is 7.26. The van der Waals surface area contributed by atoms with Crippen LogP contribution in [0.25, 0.3) is 0 Å². The van der Waals surface area contributed by atoms with Crippen LogP contribution in [-0.4, -0.2) is 11.7 Å². The summed E-state index contributed by atoms with van der Waals surface area (Å²) >= 11 is 0. The summed E-state index contributed by atoms with van der Waals surface area (Å²) in [5.41, 5.74) is 8.76. The third kappa shape index (κ3) is 15.2. The minimum atomic E-state index is 0.0312. The van der Waals surface area contributed by atoms with Crippen molar-refractivity contribution in [2.45, 2.75) is 126 Å². The van der Waals surface area contributed by atoms with Crippen LogP contribution in [0.15, 0.2) is 70.4 Å². The molecule has 0 radical (unpaired) electrons. The van der Waals surface area contributed by atoms with Gasteiger partial charge in [0.2, 0.25) is 0 Å². The van der Waals surface area contributed by atoms with E-state index in [2.05, 4.69) is 85.4 Å². The van der Waals surface area contributed by atoms with Crippen molar-refractivity contribution in [3.63, 3.8) is 0 Å². The van der Waals surface area contributed by atoms with E-state index >= 15 is 0 Å². The molecular weight excluding hydrogens is 424 g/mol. The summed E-state index contributed by atoms with van der Waals surface area (Å²) in [7, 11) is 0. The molecule has 1 heteroatoms. The van der Waals surface area contributed by atoms with E-state index < -0.39 is 0 Å². The lowest BCUT2D eigenvalue weighted by atomic mass is 9.70. The van der Waals surface area contributed by atoms with Gasteiger partial charge in [-0.1, -0.05) is 77.3 Å². The quantitative estimate of drug-likeness (QED) is 0.218. The summed E-state index contributed by atoms with van der Waals surface area (Å²) in [6, 6.07) is 0. The van der Waals surface area contributed by atoms with Gasteiger partial charge in [0.1, 0.15) is 0 Å². The van der Waals surface area contributed by atoms with Crippen LogP contribution in [0.5, 0.6) is 0 Å². The Morgan fingerprint density at radius 3 is 1.94 bits per heavy atom. The van der Waals surface area contributed by atoms with Gasteiger partial charge < -0.3 is 5.11 Å². The molecule has 2 atom stereocenters. The minimum absolute atomic E-state index is 0.0312. The molecule has 0 aromatic heterocycles. The van der Waals surface area contributed by atoms with Crippen LogP contribution in [-0.2, 0) is 0 Å². The van der Waals surface area contributed by atoms with Gasteiger partial charge in [0.15, 0.2) is 0 Å². The molecular formula is C34H56O.